The van der Waals surface area contributed by atoms with Gasteiger partial charge in [0.15, 0.2) is 6.10 Å². The fourth-order valence-electron chi connectivity index (χ4n) is 13.7. The van der Waals surface area contributed by atoms with Crippen LogP contribution in [0.3, 0.4) is 0 Å². The molecule has 1 saturated carbocycles. The largest absolute Gasteiger partial charge is 0.496 e. The molecule has 334 valence electrons. The summed E-state index contributed by atoms with van der Waals surface area (Å²) in [4.78, 5) is 54.6. The molecule has 10 atom stereocenters. The van der Waals surface area contributed by atoms with Gasteiger partial charge in [-0.15, -0.1) is 0 Å². The molecule has 3 N–H and O–H groups in total. The van der Waals surface area contributed by atoms with E-state index in [-0.39, 0.29) is 12.0 Å². The molecule has 9 rings (SSSR count). The van der Waals surface area contributed by atoms with Crippen LogP contribution < -0.4 is 9.64 Å². The Kier molecular flexibility index (Phi) is 10.9. The molecule has 13 nitrogen and oxygen atoms in total. The van der Waals surface area contributed by atoms with E-state index in [0.717, 1.165) is 38.3 Å². The highest BCUT2D eigenvalue weighted by atomic mass is 33.1. The van der Waals surface area contributed by atoms with Crippen LogP contribution in [0.1, 0.15) is 75.3 Å². The molecule has 6 heterocycles. The lowest BCUT2D eigenvalue weighted by Crippen LogP contribution is -2.81. The van der Waals surface area contributed by atoms with Gasteiger partial charge in [-0.2, -0.15) is 0 Å². The third kappa shape index (κ3) is 5.86. The fourth-order valence-corrected chi connectivity index (χ4v) is 15.1. The number of methoxy groups -OCH3 is 3. The number of piperidine rings is 1. The molecule has 3 fully saturated rings. The van der Waals surface area contributed by atoms with E-state index in [1.165, 1.54) is 21.1 Å². The average molecular weight is 889 g/mol. The summed E-state index contributed by atoms with van der Waals surface area (Å²) >= 11 is 0. The number of aromatic nitrogens is 1. The predicted molar refractivity (Wildman–Crippen MR) is 240 cm³/mol. The molecule has 15 heteroatoms. The molecule has 1 spiro atoms. The number of aromatic amines is 1. The number of hydrogen-bond acceptors (Lipinski definition) is 14. The van der Waals surface area contributed by atoms with Crippen molar-refractivity contribution in [1.82, 2.24) is 14.8 Å². The van der Waals surface area contributed by atoms with E-state index in [2.05, 4.69) is 57.5 Å². The molecule has 1 aromatic heterocycles. The lowest BCUT2D eigenvalue weighted by molar-refractivity contribution is -0.228. The van der Waals surface area contributed by atoms with Crippen molar-refractivity contribution in [3.05, 3.63) is 64.9 Å². The topological polar surface area (TPSA) is 154 Å². The van der Waals surface area contributed by atoms with Gasteiger partial charge >= 0.3 is 17.9 Å². The van der Waals surface area contributed by atoms with E-state index in [0.29, 0.717) is 82.6 Å². The summed E-state index contributed by atoms with van der Waals surface area (Å²) in [6.07, 6.45) is 7.97. The van der Waals surface area contributed by atoms with Crippen LogP contribution in [0, 0.1) is 11.3 Å². The van der Waals surface area contributed by atoms with Crippen molar-refractivity contribution in [1.29, 1.82) is 0 Å². The van der Waals surface area contributed by atoms with Crippen LogP contribution >= 0.6 is 21.6 Å². The molecule has 2 aromatic carbocycles. The molecule has 2 bridgehead atoms. The number of esters is 3. The minimum absolute atomic E-state index is 0.110. The standard InChI is InChI=1S/C47H60N4O9S2/c1-9-43(55)23-28-24-46(41(53)58-6,37-30(14-18-50(25-28)26-43)31-20-29(62-61-8)12-13-34(31)48-37)33-21-32-35(22-36(33)57-5)49(4)39-45(32)16-19-51-17-11-15-44(10-2,38(45)51)40(60-27(3)52)47(39,56)42(54)59-7/h11-13,15,20-22,28,38-40,48,55-56H,9-10,14,16-19,23-26H2,1-8H3/t28-,38+,39?,40-,43+,44-,45-,46+,47+/m1/s1. The Balaban J connectivity index is 1.37. The predicted octanol–water partition coefficient (Wildman–Crippen LogP) is 5.36. The molecule has 0 amide bonds. The van der Waals surface area contributed by atoms with Gasteiger partial charge in [0.05, 0.1) is 33.0 Å². The second-order valence-electron chi connectivity index (χ2n) is 18.6. The Labute approximate surface area is 371 Å². The molecular weight excluding hydrogens is 829 g/mol. The van der Waals surface area contributed by atoms with Crippen LogP contribution in [-0.2, 0) is 45.8 Å². The normalized spacial score (nSPS) is 35.8. The number of benzene rings is 2. The van der Waals surface area contributed by atoms with E-state index in [1.807, 2.05) is 31.9 Å². The molecule has 5 aliphatic heterocycles. The van der Waals surface area contributed by atoms with Gasteiger partial charge < -0.3 is 39.0 Å². The first kappa shape index (κ1) is 43.5. The summed E-state index contributed by atoms with van der Waals surface area (Å²) in [6.45, 7) is 8.61. The van der Waals surface area contributed by atoms with Crippen LogP contribution in [0.2, 0.25) is 0 Å². The zero-order chi connectivity index (χ0) is 44.1. The van der Waals surface area contributed by atoms with Crippen LogP contribution in [0.15, 0.2) is 47.4 Å². The van der Waals surface area contributed by atoms with Gasteiger partial charge in [-0.1, -0.05) is 47.6 Å². The number of fused-ring (bicyclic) bond motifs is 6. The van der Waals surface area contributed by atoms with Crippen molar-refractivity contribution >= 4 is 56.1 Å². The molecule has 62 heavy (non-hydrogen) atoms. The minimum atomic E-state index is -2.31. The highest BCUT2D eigenvalue weighted by molar-refractivity contribution is 8.76. The summed E-state index contributed by atoms with van der Waals surface area (Å²) in [6, 6.07) is 9.22. The number of aliphatic hydroxyl groups is 2. The second-order valence-corrected chi connectivity index (χ2v) is 21.1. The molecule has 2 saturated heterocycles. The number of nitrogens with one attached hydrogen (secondary N) is 1. The van der Waals surface area contributed by atoms with Crippen LogP contribution in [0.4, 0.5) is 5.69 Å². The van der Waals surface area contributed by atoms with Gasteiger partial charge in [-0.3, -0.25) is 19.4 Å². The van der Waals surface area contributed by atoms with E-state index >= 15 is 4.79 Å². The molecule has 2 unspecified atom stereocenters. The molecule has 0 radical (unpaired) electrons. The first-order chi connectivity index (χ1) is 29.7. The summed E-state index contributed by atoms with van der Waals surface area (Å²) in [5.74, 6) is -1.58. The fraction of sp³-hybridized carbons (Fsp3) is 0.596. The Bertz CT molecular complexity index is 2360. The lowest BCUT2D eigenvalue weighted by atomic mass is 9.47. The van der Waals surface area contributed by atoms with Crippen molar-refractivity contribution in [3.8, 4) is 5.75 Å². The van der Waals surface area contributed by atoms with Gasteiger partial charge in [0, 0.05) is 95.8 Å². The summed E-state index contributed by atoms with van der Waals surface area (Å²) in [5.41, 5.74) is -1.68. The number of likely N-dealkylation sites (N-methyl/N-ethyl adjacent to an activating group) is 1. The van der Waals surface area contributed by atoms with Crippen LogP contribution in [0.25, 0.3) is 10.9 Å². The Morgan fingerprint density at radius 2 is 1.74 bits per heavy atom. The summed E-state index contributed by atoms with van der Waals surface area (Å²) in [7, 11) is 9.54. The summed E-state index contributed by atoms with van der Waals surface area (Å²) < 4.78 is 24.1. The van der Waals surface area contributed by atoms with E-state index in [4.69, 9.17) is 18.9 Å². The first-order valence-corrected chi connectivity index (χ1v) is 24.5. The molecule has 3 aromatic rings. The average Bonchev–Trinajstić information content (AvgIpc) is 3.92. The maximum Gasteiger partial charge on any atom is 0.344 e. The van der Waals surface area contributed by atoms with E-state index < -0.39 is 57.5 Å². The van der Waals surface area contributed by atoms with Gasteiger partial charge in [-0.25, -0.2) is 4.79 Å². The SMILES string of the molecule is CC[C@]1(O)C[C@H]2CN(CCc3c([nH]c4ccc(SSC)cc34)[C@@](C(=O)OC)(c3cc4c(cc3OC)N(C)C3[C@]45CCN4CC=C[C@@](CC)([C@@H](OC(C)=O)[C@]3(O)C(=O)OC)[C@H]45)C2)C1. The number of carbonyl (C=O) groups excluding carboxylic acids is 3. The highest BCUT2D eigenvalue weighted by Crippen LogP contribution is 2.68. The smallest absolute Gasteiger partial charge is 0.344 e. The number of ether oxygens (including phenoxy) is 4. The maximum atomic E-state index is 15.5. The van der Waals surface area contributed by atoms with Crippen molar-refractivity contribution in [2.24, 2.45) is 11.3 Å². The zero-order valence-corrected chi connectivity index (χ0v) is 38.7. The van der Waals surface area contributed by atoms with Crippen molar-refractivity contribution < 1.29 is 43.5 Å². The molecular formula is C47H60N4O9S2. The van der Waals surface area contributed by atoms with Crippen LogP contribution in [0.5, 0.6) is 5.75 Å². The third-order valence-electron chi connectivity index (χ3n) is 15.8. The first-order valence-electron chi connectivity index (χ1n) is 21.9. The van der Waals surface area contributed by atoms with Gasteiger partial charge in [0.25, 0.3) is 0 Å². The maximum absolute atomic E-state index is 15.5. The Hall–Kier alpha value is -3.73. The number of H-pyrrole nitrogens is 1. The van der Waals surface area contributed by atoms with Crippen molar-refractivity contribution in [2.75, 3.05) is 72.3 Å². The van der Waals surface area contributed by atoms with Gasteiger partial charge in [-0.05, 0) is 92.6 Å². The van der Waals surface area contributed by atoms with E-state index in [9.17, 15) is 19.8 Å². The lowest BCUT2D eigenvalue weighted by Gasteiger charge is -2.63. The number of nitrogens with zero attached hydrogens (tertiary/aromatic N) is 3. The van der Waals surface area contributed by atoms with Crippen molar-refractivity contribution in [3.63, 3.8) is 0 Å². The molecule has 6 aliphatic rings. The summed E-state index contributed by atoms with van der Waals surface area (Å²) in [5, 5.41) is 26.5. The second kappa shape index (κ2) is 15.5. The zero-order valence-electron chi connectivity index (χ0n) is 37.0. The number of hydrogen-bond donors (Lipinski definition) is 3. The van der Waals surface area contributed by atoms with Gasteiger partial charge in [0.1, 0.15) is 11.2 Å². The highest BCUT2D eigenvalue weighted by Gasteiger charge is 2.80. The Morgan fingerprint density at radius 3 is 2.42 bits per heavy atom. The minimum Gasteiger partial charge on any atom is -0.496 e. The number of carbonyl (C=O) groups is 3. The third-order valence-corrected chi connectivity index (χ3v) is 17.5. The van der Waals surface area contributed by atoms with E-state index in [1.54, 1.807) is 28.7 Å². The van der Waals surface area contributed by atoms with Crippen molar-refractivity contribution in [2.45, 2.75) is 104 Å². The monoisotopic (exact) mass is 888 g/mol. The number of anilines is 1. The quantitative estimate of drug-likeness (QED) is 0.109. The van der Waals surface area contributed by atoms with Gasteiger partial charge in [0.2, 0.25) is 5.60 Å². The number of rotatable bonds is 9. The Morgan fingerprint density at radius 1 is 0.968 bits per heavy atom. The molecule has 1 aliphatic carbocycles. The van der Waals surface area contributed by atoms with Crippen LogP contribution in [-0.4, -0.2) is 140 Å².